The van der Waals surface area contributed by atoms with Gasteiger partial charge in [-0.2, -0.15) is 0 Å². The average molecular weight is 674 g/mol. The minimum Gasteiger partial charge on any atom is -0.360 e. The van der Waals surface area contributed by atoms with Crippen molar-refractivity contribution in [3.63, 3.8) is 0 Å². The third kappa shape index (κ3) is 4.51. The predicted molar refractivity (Wildman–Crippen MR) is 212 cm³/mol. The van der Waals surface area contributed by atoms with E-state index in [4.69, 9.17) is 4.99 Å². The topological polar surface area (TPSA) is 42.9 Å². The highest BCUT2D eigenvalue weighted by atomic mass is 15.3. The molecule has 0 aromatic heterocycles. The van der Waals surface area contributed by atoms with E-state index in [-0.39, 0.29) is 18.1 Å². The van der Waals surface area contributed by atoms with Gasteiger partial charge in [0.15, 0.2) is 0 Å². The summed E-state index contributed by atoms with van der Waals surface area (Å²) in [5.41, 5.74) is 13.1. The van der Waals surface area contributed by atoms with Gasteiger partial charge in [-0.15, -0.1) is 0 Å². The zero-order valence-electron chi connectivity index (χ0n) is 28.8. The second kappa shape index (κ2) is 11.7. The molecule has 4 aliphatic heterocycles. The number of rotatable bonds is 2. The number of aliphatic imine (C=N–C) groups is 1. The molecule has 4 heterocycles. The molecule has 1 fully saturated rings. The molecule has 6 unspecified atom stereocenters. The highest BCUT2D eigenvalue weighted by molar-refractivity contribution is 5.96. The predicted octanol–water partition coefficient (Wildman–Crippen LogP) is 9.67. The van der Waals surface area contributed by atoms with Crippen LogP contribution in [0.2, 0.25) is 0 Å². The zero-order chi connectivity index (χ0) is 34.2. The van der Waals surface area contributed by atoms with Crippen molar-refractivity contribution < 1.29 is 0 Å². The molecule has 6 aliphatic rings. The van der Waals surface area contributed by atoms with Gasteiger partial charge < -0.3 is 20.4 Å². The first-order chi connectivity index (χ1) is 25.8. The Labute approximate surface area is 305 Å². The van der Waals surface area contributed by atoms with Gasteiger partial charge in [0.2, 0.25) is 0 Å². The fraction of sp³-hybridized carbons (Fsp3) is 0.170. The van der Waals surface area contributed by atoms with E-state index < -0.39 is 0 Å². The van der Waals surface area contributed by atoms with Crippen LogP contribution in [0.3, 0.4) is 0 Å². The number of nitrogens with zero attached hydrogens (tertiary/aromatic N) is 3. The van der Waals surface area contributed by atoms with Crippen LogP contribution in [0.15, 0.2) is 180 Å². The monoisotopic (exact) mass is 673 g/mol. The maximum Gasteiger partial charge on any atom is 0.124 e. The summed E-state index contributed by atoms with van der Waals surface area (Å²) in [7, 11) is 0. The molecule has 11 rings (SSSR count). The molecule has 0 spiro atoms. The third-order valence-corrected chi connectivity index (χ3v) is 12.1. The van der Waals surface area contributed by atoms with E-state index in [0.29, 0.717) is 24.4 Å². The molecule has 0 saturated carbocycles. The zero-order valence-corrected chi connectivity index (χ0v) is 28.8. The Kier molecular flexibility index (Phi) is 6.69. The quantitative estimate of drug-likeness (QED) is 0.183. The molecule has 0 bridgehead atoms. The van der Waals surface area contributed by atoms with Crippen molar-refractivity contribution in [2.75, 3.05) is 16.8 Å². The van der Waals surface area contributed by atoms with Crippen LogP contribution < -0.4 is 15.5 Å². The largest absolute Gasteiger partial charge is 0.360 e. The second-order valence-electron chi connectivity index (χ2n) is 14.7. The molecule has 0 amide bonds. The van der Waals surface area contributed by atoms with Crippen molar-refractivity contribution >= 4 is 29.0 Å². The van der Waals surface area contributed by atoms with Gasteiger partial charge in [0.1, 0.15) is 11.7 Å². The highest BCUT2D eigenvalue weighted by Crippen LogP contribution is 2.58. The van der Waals surface area contributed by atoms with Crippen LogP contribution in [0.1, 0.15) is 52.2 Å². The first kappa shape index (κ1) is 29.6. The second-order valence-corrected chi connectivity index (χ2v) is 14.7. The Bertz CT molecular complexity index is 2370. The van der Waals surface area contributed by atoms with Crippen LogP contribution in [0.4, 0.5) is 17.1 Å². The van der Waals surface area contributed by atoms with E-state index >= 15 is 0 Å². The lowest BCUT2D eigenvalue weighted by Crippen LogP contribution is -2.44. The Hall–Kier alpha value is -6.07. The molecule has 5 aromatic rings. The van der Waals surface area contributed by atoms with Gasteiger partial charge >= 0.3 is 0 Å². The van der Waals surface area contributed by atoms with Gasteiger partial charge in [-0.05, 0) is 70.7 Å². The average Bonchev–Trinajstić information content (AvgIpc) is 3.72. The Balaban J connectivity index is 0.983. The van der Waals surface area contributed by atoms with Gasteiger partial charge in [0.25, 0.3) is 0 Å². The van der Waals surface area contributed by atoms with Crippen LogP contribution in [-0.2, 0) is 0 Å². The number of amidine groups is 1. The van der Waals surface area contributed by atoms with Crippen LogP contribution >= 0.6 is 0 Å². The Morgan fingerprint density at radius 2 is 1.38 bits per heavy atom. The molecule has 6 atom stereocenters. The minimum absolute atomic E-state index is 0.0655. The number of anilines is 3. The van der Waals surface area contributed by atoms with Crippen molar-refractivity contribution in [1.29, 1.82) is 0 Å². The number of hydrogen-bond donors (Lipinski definition) is 2. The molecule has 1 saturated heterocycles. The summed E-state index contributed by atoms with van der Waals surface area (Å²) < 4.78 is 0. The molecule has 5 aromatic carbocycles. The van der Waals surface area contributed by atoms with Crippen LogP contribution in [0.5, 0.6) is 0 Å². The van der Waals surface area contributed by atoms with Crippen molar-refractivity contribution in [1.82, 2.24) is 10.2 Å². The SMILES string of the molecule is C1=CC(=C2Nc3ccccc3C(c3ccccc3)N2)CN=C1N1C2CC3C(C=C2C2C=Cc4ccccc4C21)c1ccccc1N3c1ccccc1. The van der Waals surface area contributed by atoms with Crippen LogP contribution in [-0.4, -0.2) is 29.4 Å². The third-order valence-electron chi connectivity index (χ3n) is 12.1. The Morgan fingerprint density at radius 1 is 0.654 bits per heavy atom. The van der Waals surface area contributed by atoms with Gasteiger partial charge in [0.05, 0.1) is 24.7 Å². The highest BCUT2D eigenvalue weighted by Gasteiger charge is 2.53. The molecule has 0 radical (unpaired) electrons. The van der Waals surface area contributed by atoms with E-state index in [1.54, 1.807) is 5.57 Å². The van der Waals surface area contributed by atoms with Crippen molar-refractivity contribution in [2.24, 2.45) is 10.9 Å². The summed E-state index contributed by atoms with van der Waals surface area (Å²) in [5, 5.41) is 7.57. The van der Waals surface area contributed by atoms with Crippen LogP contribution in [0, 0.1) is 5.92 Å². The van der Waals surface area contributed by atoms with E-state index in [0.717, 1.165) is 23.8 Å². The number of hydrogen-bond acceptors (Lipinski definition) is 5. The number of fused-ring (bicyclic) bond motifs is 9. The summed E-state index contributed by atoms with van der Waals surface area (Å²) in [5.74, 6) is 2.76. The van der Waals surface area contributed by atoms with Crippen molar-refractivity contribution in [3.05, 3.63) is 203 Å². The summed E-state index contributed by atoms with van der Waals surface area (Å²) in [6.07, 6.45) is 13.1. The maximum atomic E-state index is 5.43. The van der Waals surface area contributed by atoms with Crippen molar-refractivity contribution in [2.45, 2.75) is 36.5 Å². The number of likely N-dealkylation sites (tertiary alicyclic amines) is 1. The lowest BCUT2D eigenvalue weighted by Gasteiger charge is -2.40. The fourth-order valence-corrected chi connectivity index (χ4v) is 9.86. The molecular weight excluding hydrogens is 635 g/mol. The molecule has 5 nitrogen and oxygen atoms in total. The summed E-state index contributed by atoms with van der Waals surface area (Å²) >= 11 is 0. The van der Waals surface area contributed by atoms with Crippen LogP contribution in [0.25, 0.3) is 6.08 Å². The number of benzene rings is 5. The van der Waals surface area contributed by atoms with E-state index in [1.165, 1.54) is 44.8 Å². The molecule has 252 valence electrons. The van der Waals surface area contributed by atoms with Gasteiger partial charge in [-0.25, -0.2) is 0 Å². The first-order valence-electron chi connectivity index (χ1n) is 18.6. The Morgan fingerprint density at radius 3 is 2.21 bits per heavy atom. The number of nitrogens with one attached hydrogen (secondary N) is 2. The molecule has 5 heteroatoms. The fourth-order valence-electron chi connectivity index (χ4n) is 9.86. The minimum atomic E-state index is 0.0655. The van der Waals surface area contributed by atoms with E-state index in [9.17, 15) is 0 Å². The summed E-state index contributed by atoms with van der Waals surface area (Å²) in [6, 6.07) is 49.2. The van der Waals surface area contributed by atoms with E-state index in [1.807, 2.05) is 0 Å². The maximum absolute atomic E-state index is 5.43. The van der Waals surface area contributed by atoms with Gasteiger partial charge in [-0.1, -0.05) is 127 Å². The van der Waals surface area contributed by atoms with E-state index in [2.05, 4.69) is 184 Å². The van der Waals surface area contributed by atoms with Gasteiger partial charge in [-0.3, -0.25) is 4.99 Å². The lowest BCUT2D eigenvalue weighted by molar-refractivity contribution is 0.284. The lowest BCUT2D eigenvalue weighted by atomic mass is 9.76. The van der Waals surface area contributed by atoms with Crippen molar-refractivity contribution in [3.8, 4) is 0 Å². The van der Waals surface area contributed by atoms with Gasteiger partial charge in [0, 0.05) is 46.1 Å². The summed E-state index contributed by atoms with van der Waals surface area (Å²) in [6.45, 7) is 0.607. The molecule has 52 heavy (non-hydrogen) atoms. The summed E-state index contributed by atoms with van der Waals surface area (Å²) in [4.78, 5) is 10.7. The molecular formula is C47H39N5. The smallest absolute Gasteiger partial charge is 0.124 e. The molecule has 2 N–H and O–H groups in total. The number of dihydropyridines is 1. The first-order valence-corrected chi connectivity index (χ1v) is 18.6. The molecule has 2 aliphatic carbocycles. The normalized spacial score (nSPS) is 27.5. The number of para-hydroxylation sites is 3. The standard InChI is InChI=1S/C47H39N5/c1-3-14-31(15-4-1)45-37-20-9-11-21-40(37)49-47(50-45)32-24-26-44(48-29-32)52-43-28-42-38(27-39(43)36-25-23-30-13-7-8-18-34(30)46(36)52)35-19-10-12-22-41(35)51(42)33-16-5-2-6-17-33/h1-27,36,38,42-43,45-46,49-50H,28-29H2.